The third kappa shape index (κ3) is 3.61. The van der Waals surface area contributed by atoms with Crippen molar-refractivity contribution < 1.29 is 9.59 Å². The number of hydrogen-bond acceptors (Lipinski definition) is 2. The molecule has 1 saturated heterocycles. The van der Waals surface area contributed by atoms with Gasteiger partial charge >= 0.3 is 6.03 Å². The summed E-state index contributed by atoms with van der Waals surface area (Å²) in [6, 6.07) is 0.457. The minimum Gasteiger partial charge on any atom is -0.343 e. The predicted molar refractivity (Wildman–Crippen MR) is 73.8 cm³/mol. The Morgan fingerprint density at radius 1 is 1.11 bits per heavy atom. The maximum atomic E-state index is 12.2. The van der Waals surface area contributed by atoms with Crippen LogP contribution in [0.5, 0.6) is 0 Å². The van der Waals surface area contributed by atoms with Crippen LogP contribution >= 0.6 is 0 Å². The van der Waals surface area contributed by atoms with Gasteiger partial charge in [0, 0.05) is 38.1 Å². The maximum Gasteiger partial charge on any atom is 0.317 e. The molecule has 0 aromatic heterocycles. The molecule has 2 fully saturated rings. The van der Waals surface area contributed by atoms with E-state index in [9.17, 15) is 9.59 Å². The van der Waals surface area contributed by atoms with E-state index >= 15 is 0 Å². The number of amides is 3. The van der Waals surface area contributed by atoms with Gasteiger partial charge in [0.25, 0.3) is 0 Å². The number of carbonyl (C=O) groups is 2. The van der Waals surface area contributed by atoms with E-state index in [0.29, 0.717) is 19.1 Å². The summed E-state index contributed by atoms with van der Waals surface area (Å²) in [7, 11) is 0. The second kappa shape index (κ2) is 6.26. The molecule has 2 aliphatic rings. The SMILES string of the molecule is CCN(CC)C(=O)C1CCN(C(=O)NC2CC2)CC1. The molecule has 0 bridgehead atoms. The Kier molecular flexibility index (Phi) is 4.66. The van der Waals surface area contributed by atoms with Crippen molar-refractivity contribution in [2.75, 3.05) is 26.2 Å². The molecule has 1 saturated carbocycles. The van der Waals surface area contributed by atoms with E-state index in [1.807, 2.05) is 23.6 Å². The Morgan fingerprint density at radius 3 is 2.16 bits per heavy atom. The molecular formula is C14H25N3O2. The van der Waals surface area contributed by atoms with Gasteiger partial charge < -0.3 is 15.1 Å². The highest BCUT2D eigenvalue weighted by atomic mass is 16.2. The lowest BCUT2D eigenvalue weighted by atomic mass is 9.95. The van der Waals surface area contributed by atoms with Gasteiger partial charge in [0.2, 0.25) is 5.91 Å². The molecule has 5 nitrogen and oxygen atoms in total. The van der Waals surface area contributed by atoms with Crippen LogP contribution in [0.25, 0.3) is 0 Å². The molecule has 0 aromatic carbocycles. The first-order chi connectivity index (χ1) is 9.15. The van der Waals surface area contributed by atoms with Crippen LogP contribution in [-0.4, -0.2) is 54.0 Å². The lowest BCUT2D eigenvalue weighted by molar-refractivity contribution is -0.136. The number of nitrogens with zero attached hydrogens (tertiary/aromatic N) is 2. The molecule has 3 amide bonds. The fourth-order valence-electron chi connectivity index (χ4n) is 2.62. The molecule has 1 aliphatic heterocycles. The summed E-state index contributed by atoms with van der Waals surface area (Å²) >= 11 is 0. The molecule has 1 aliphatic carbocycles. The van der Waals surface area contributed by atoms with Crippen LogP contribution in [0.4, 0.5) is 4.79 Å². The van der Waals surface area contributed by atoms with Gasteiger partial charge in [-0.05, 0) is 39.5 Å². The highest BCUT2D eigenvalue weighted by molar-refractivity contribution is 5.80. The van der Waals surface area contributed by atoms with Crippen LogP contribution in [0, 0.1) is 5.92 Å². The Bertz CT molecular complexity index is 330. The molecule has 1 heterocycles. The lowest BCUT2D eigenvalue weighted by Crippen LogP contribution is -2.48. The zero-order valence-electron chi connectivity index (χ0n) is 12.0. The second-order valence-electron chi connectivity index (χ2n) is 5.50. The molecule has 0 unspecified atom stereocenters. The van der Waals surface area contributed by atoms with Crippen LogP contribution in [0.2, 0.25) is 0 Å². The van der Waals surface area contributed by atoms with Crippen LogP contribution in [-0.2, 0) is 4.79 Å². The molecular weight excluding hydrogens is 242 g/mol. The Balaban J connectivity index is 1.77. The third-order valence-electron chi connectivity index (χ3n) is 4.11. The van der Waals surface area contributed by atoms with Gasteiger partial charge in [-0.3, -0.25) is 4.79 Å². The Morgan fingerprint density at radius 2 is 1.68 bits per heavy atom. The van der Waals surface area contributed by atoms with E-state index in [1.165, 1.54) is 0 Å². The summed E-state index contributed by atoms with van der Waals surface area (Å²) in [5.74, 6) is 0.358. The molecule has 19 heavy (non-hydrogen) atoms. The van der Waals surface area contributed by atoms with Gasteiger partial charge in [-0.1, -0.05) is 0 Å². The lowest BCUT2D eigenvalue weighted by Gasteiger charge is -2.33. The van der Waals surface area contributed by atoms with Crippen molar-refractivity contribution in [2.45, 2.75) is 45.6 Å². The number of carbonyl (C=O) groups excluding carboxylic acids is 2. The van der Waals surface area contributed by atoms with E-state index in [1.54, 1.807) is 0 Å². The minimum absolute atomic E-state index is 0.0521. The fraction of sp³-hybridized carbons (Fsp3) is 0.857. The largest absolute Gasteiger partial charge is 0.343 e. The summed E-state index contributed by atoms with van der Waals surface area (Å²) in [5, 5.41) is 3.00. The third-order valence-corrected chi connectivity index (χ3v) is 4.11. The number of urea groups is 1. The normalized spacial score (nSPS) is 20.2. The van der Waals surface area contributed by atoms with Gasteiger partial charge in [0.1, 0.15) is 0 Å². The first-order valence-corrected chi connectivity index (χ1v) is 7.49. The molecule has 0 spiro atoms. The van der Waals surface area contributed by atoms with Crippen molar-refractivity contribution in [1.82, 2.24) is 15.1 Å². The Hall–Kier alpha value is -1.26. The van der Waals surface area contributed by atoms with E-state index in [2.05, 4.69) is 5.32 Å². The standard InChI is InChI=1S/C14H25N3O2/c1-3-16(4-2)13(18)11-7-9-17(10-8-11)14(19)15-12-5-6-12/h11-12H,3-10H2,1-2H3,(H,15,19). The monoisotopic (exact) mass is 267 g/mol. The fourth-order valence-corrected chi connectivity index (χ4v) is 2.62. The maximum absolute atomic E-state index is 12.2. The number of rotatable bonds is 4. The topological polar surface area (TPSA) is 52.7 Å². The number of nitrogens with one attached hydrogen (secondary N) is 1. The summed E-state index contributed by atoms with van der Waals surface area (Å²) in [6.45, 7) is 6.99. The Labute approximate surface area is 115 Å². The first kappa shape index (κ1) is 14.2. The summed E-state index contributed by atoms with van der Waals surface area (Å²) in [5.41, 5.74) is 0. The van der Waals surface area contributed by atoms with Crippen molar-refractivity contribution in [3.05, 3.63) is 0 Å². The average Bonchev–Trinajstić information content (AvgIpc) is 3.24. The second-order valence-corrected chi connectivity index (χ2v) is 5.50. The van der Waals surface area contributed by atoms with Gasteiger partial charge in [0.15, 0.2) is 0 Å². The number of piperidine rings is 1. The molecule has 1 N–H and O–H groups in total. The van der Waals surface area contributed by atoms with Gasteiger partial charge in [-0.25, -0.2) is 4.79 Å². The van der Waals surface area contributed by atoms with Crippen molar-refractivity contribution in [1.29, 1.82) is 0 Å². The van der Waals surface area contributed by atoms with E-state index in [0.717, 1.165) is 38.8 Å². The van der Waals surface area contributed by atoms with Gasteiger partial charge in [-0.2, -0.15) is 0 Å². The zero-order valence-corrected chi connectivity index (χ0v) is 12.0. The number of likely N-dealkylation sites (tertiary alicyclic amines) is 1. The highest BCUT2D eigenvalue weighted by Gasteiger charge is 2.31. The van der Waals surface area contributed by atoms with E-state index in [-0.39, 0.29) is 17.9 Å². The molecule has 5 heteroatoms. The van der Waals surface area contributed by atoms with Crippen molar-refractivity contribution >= 4 is 11.9 Å². The molecule has 2 rings (SSSR count). The van der Waals surface area contributed by atoms with Crippen molar-refractivity contribution in [3.63, 3.8) is 0 Å². The predicted octanol–water partition coefficient (Wildman–Crippen LogP) is 1.44. The van der Waals surface area contributed by atoms with Crippen molar-refractivity contribution in [2.24, 2.45) is 5.92 Å². The van der Waals surface area contributed by atoms with Crippen LogP contribution in [0.15, 0.2) is 0 Å². The first-order valence-electron chi connectivity index (χ1n) is 7.49. The summed E-state index contributed by atoms with van der Waals surface area (Å²) in [4.78, 5) is 27.9. The minimum atomic E-state index is 0.0521. The van der Waals surface area contributed by atoms with Crippen LogP contribution in [0.1, 0.15) is 39.5 Å². The van der Waals surface area contributed by atoms with Gasteiger partial charge in [-0.15, -0.1) is 0 Å². The average molecular weight is 267 g/mol. The van der Waals surface area contributed by atoms with Crippen molar-refractivity contribution in [3.8, 4) is 0 Å². The quantitative estimate of drug-likeness (QED) is 0.838. The molecule has 0 atom stereocenters. The summed E-state index contributed by atoms with van der Waals surface area (Å²) < 4.78 is 0. The molecule has 0 radical (unpaired) electrons. The smallest absolute Gasteiger partial charge is 0.317 e. The van der Waals surface area contributed by atoms with E-state index in [4.69, 9.17) is 0 Å². The van der Waals surface area contributed by atoms with Crippen LogP contribution < -0.4 is 5.32 Å². The highest BCUT2D eigenvalue weighted by Crippen LogP contribution is 2.22. The zero-order chi connectivity index (χ0) is 13.8. The molecule has 0 aromatic rings. The van der Waals surface area contributed by atoms with E-state index < -0.39 is 0 Å². The molecule has 108 valence electrons. The number of hydrogen-bond donors (Lipinski definition) is 1. The van der Waals surface area contributed by atoms with Gasteiger partial charge in [0.05, 0.1) is 0 Å². The van der Waals surface area contributed by atoms with Crippen LogP contribution in [0.3, 0.4) is 0 Å². The summed E-state index contributed by atoms with van der Waals surface area (Å²) in [6.07, 6.45) is 3.83.